The third kappa shape index (κ3) is 2.63. The van der Waals surface area contributed by atoms with Gasteiger partial charge in [0.05, 0.1) is 0 Å². The van der Waals surface area contributed by atoms with Crippen LogP contribution in [0.15, 0.2) is 12.2 Å². The Labute approximate surface area is 76.0 Å². The first-order valence-electron chi connectivity index (χ1n) is 5.12. The SMILES string of the molecule is CC1C=CC(CCCN)CC1C. The Kier molecular flexibility index (Phi) is 3.80. The predicted molar refractivity (Wildman–Crippen MR) is 53.9 cm³/mol. The van der Waals surface area contributed by atoms with Gasteiger partial charge in [-0.15, -0.1) is 0 Å². The first kappa shape index (κ1) is 9.79. The van der Waals surface area contributed by atoms with Gasteiger partial charge in [-0.25, -0.2) is 0 Å². The fraction of sp³-hybridized carbons (Fsp3) is 0.818. The molecular weight excluding hydrogens is 146 g/mol. The maximum Gasteiger partial charge on any atom is -0.00771 e. The van der Waals surface area contributed by atoms with Crippen molar-refractivity contribution in [1.82, 2.24) is 0 Å². The molecule has 1 heteroatoms. The Bertz CT molecular complexity index is 151. The molecule has 0 spiro atoms. The van der Waals surface area contributed by atoms with Gasteiger partial charge in [0, 0.05) is 0 Å². The van der Waals surface area contributed by atoms with Gasteiger partial charge < -0.3 is 5.73 Å². The third-order valence-corrected chi connectivity index (χ3v) is 3.04. The quantitative estimate of drug-likeness (QED) is 0.642. The zero-order chi connectivity index (χ0) is 8.97. The maximum atomic E-state index is 5.48. The van der Waals surface area contributed by atoms with E-state index in [4.69, 9.17) is 5.73 Å². The second-order valence-corrected chi connectivity index (χ2v) is 4.15. The first-order chi connectivity index (χ1) is 5.74. The minimum atomic E-state index is 0.777. The van der Waals surface area contributed by atoms with Gasteiger partial charge in [0.15, 0.2) is 0 Å². The minimum Gasteiger partial charge on any atom is -0.330 e. The normalized spacial score (nSPS) is 35.4. The molecule has 0 aromatic carbocycles. The Morgan fingerprint density at radius 2 is 2.08 bits per heavy atom. The summed E-state index contributed by atoms with van der Waals surface area (Å²) in [5.41, 5.74) is 5.48. The predicted octanol–water partition coefficient (Wildman–Crippen LogP) is 2.57. The van der Waals surface area contributed by atoms with Crippen LogP contribution in [0, 0.1) is 17.8 Å². The van der Waals surface area contributed by atoms with E-state index in [1.165, 1.54) is 19.3 Å². The van der Waals surface area contributed by atoms with Gasteiger partial charge in [0.1, 0.15) is 0 Å². The third-order valence-electron chi connectivity index (χ3n) is 3.04. The maximum absolute atomic E-state index is 5.48. The number of allylic oxidation sites excluding steroid dienone is 2. The number of hydrogen-bond donors (Lipinski definition) is 1. The Morgan fingerprint density at radius 3 is 2.67 bits per heavy atom. The van der Waals surface area contributed by atoms with Gasteiger partial charge >= 0.3 is 0 Å². The van der Waals surface area contributed by atoms with Gasteiger partial charge in [-0.1, -0.05) is 26.0 Å². The van der Waals surface area contributed by atoms with E-state index in [0.717, 1.165) is 24.3 Å². The molecule has 1 aliphatic rings. The standard InChI is InChI=1S/C11H21N/c1-9-5-6-11(4-3-7-12)8-10(9)2/h5-6,9-11H,3-4,7-8,12H2,1-2H3. The van der Waals surface area contributed by atoms with E-state index in [0.29, 0.717) is 0 Å². The molecule has 2 N–H and O–H groups in total. The average Bonchev–Trinajstić information content (AvgIpc) is 2.07. The van der Waals surface area contributed by atoms with Crippen LogP contribution in [0.2, 0.25) is 0 Å². The van der Waals surface area contributed by atoms with E-state index < -0.39 is 0 Å². The van der Waals surface area contributed by atoms with Crippen LogP contribution in [-0.4, -0.2) is 6.54 Å². The monoisotopic (exact) mass is 167 g/mol. The van der Waals surface area contributed by atoms with Crippen LogP contribution < -0.4 is 5.73 Å². The van der Waals surface area contributed by atoms with Crippen LogP contribution in [-0.2, 0) is 0 Å². The van der Waals surface area contributed by atoms with Crippen molar-refractivity contribution < 1.29 is 0 Å². The fourth-order valence-electron chi connectivity index (χ4n) is 1.89. The second-order valence-electron chi connectivity index (χ2n) is 4.15. The van der Waals surface area contributed by atoms with Gasteiger partial charge in [-0.3, -0.25) is 0 Å². The van der Waals surface area contributed by atoms with Crippen molar-refractivity contribution in [3.05, 3.63) is 12.2 Å². The van der Waals surface area contributed by atoms with Crippen molar-refractivity contribution in [2.24, 2.45) is 23.5 Å². The second kappa shape index (κ2) is 4.66. The molecule has 0 fully saturated rings. The van der Waals surface area contributed by atoms with Crippen molar-refractivity contribution in [2.75, 3.05) is 6.54 Å². The number of hydrogen-bond acceptors (Lipinski definition) is 1. The molecule has 1 nitrogen and oxygen atoms in total. The highest BCUT2D eigenvalue weighted by molar-refractivity contribution is 4.98. The van der Waals surface area contributed by atoms with E-state index in [9.17, 15) is 0 Å². The summed E-state index contributed by atoms with van der Waals surface area (Å²) in [7, 11) is 0. The van der Waals surface area contributed by atoms with Gasteiger partial charge in [-0.2, -0.15) is 0 Å². The van der Waals surface area contributed by atoms with Crippen LogP contribution in [0.5, 0.6) is 0 Å². The first-order valence-corrected chi connectivity index (χ1v) is 5.12. The molecule has 0 aromatic rings. The van der Waals surface area contributed by atoms with Crippen molar-refractivity contribution >= 4 is 0 Å². The van der Waals surface area contributed by atoms with Crippen LogP contribution in [0.4, 0.5) is 0 Å². The minimum absolute atomic E-state index is 0.777. The van der Waals surface area contributed by atoms with Crippen molar-refractivity contribution in [2.45, 2.75) is 33.1 Å². The molecule has 0 bridgehead atoms. The Morgan fingerprint density at radius 1 is 1.33 bits per heavy atom. The van der Waals surface area contributed by atoms with E-state index in [1.807, 2.05) is 0 Å². The summed E-state index contributed by atoms with van der Waals surface area (Å²) in [6.07, 6.45) is 8.58. The van der Waals surface area contributed by atoms with Crippen LogP contribution in [0.25, 0.3) is 0 Å². The smallest absolute Gasteiger partial charge is 0.00771 e. The highest BCUT2D eigenvalue weighted by Gasteiger charge is 2.18. The molecule has 0 saturated heterocycles. The summed E-state index contributed by atoms with van der Waals surface area (Å²) in [6.45, 7) is 5.50. The summed E-state index contributed by atoms with van der Waals surface area (Å²) in [5, 5.41) is 0. The Hall–Kier alpha value is -0.300. The lowest BCUT2D eigenvalue weighted by molar-refractivity contribution is 0.337. The molecule has 0 amide bonds. The van der Waals surface area contributed by atoms with Crippen molar-refractivity contribution in [3.63, 3.8) is 0 Å². The molecule has 0 aliphatic heterocycles. The summed E-state index contributed by atoms with van der Waals surface area (Å²) < 4.78 is 0. The number of nitrogens with two attached hydrogens (primary N) is 1. The molecule has 3 unspecified atom stereocenters. The van der Waals surface area contributed by atoms with Crippen molar-refractivity contribution in [1.29, 1.82) is 0 Å². The van der Waals surface area contributed by atoms with E-state index in [1.54, 1.807) is 0 Å². The molecule has 70 valence electrons. The topological polar surface area (TPSA) is 26.0 Å². The molecular formula is C11H21N. The van der Waals surface area contributed by atoms with E-state index >= 15 is 0 Å². The van der Waals surface area contributed by atoms with Crippen LogP contribution >= 0.6 is 0 Å². The lowest BCUT2D eigenvalue weighted by Crippen LogP contribution is -2.16. The summed E-state index contributed by atoms with van der Waals surface area (Å²) >= 11 is 0. The average molecular weight is 167 g/mol. The van der Waals surface area contributed by atoms with Crippen LogP contribution in [0.1, 0.15) is 33.1 Å². The fourth-order valence-corrected chi connectivity index (χ4v) is 1.89. The highest BCUT2D eigenvalue weighted by atomic mass is 14.5. The molecule has 0 heterocycles. The van der Waals surface area contributed by atoms with Gasteiger partial charge in [0.2, 0.25) is 0 Å². The lowest BCUT2D eigenvalue weighted by Gasteiger charge is -2.26. The summed E-state index contributed by atoms with van der Waals surface area (Å²) in [6, 6.07) is 0. The molecule has 0 radical (unpaired) electrons. The Balaban J connectivity index is 2.33. The van der Waals surface area contributed by atoms with Gasteiger partial charge in [0.25, 0.3) is 0 Å². The molecule has 12 heavy (non-hydrogen) atoms. The molecule has 0 saturated carbocycles. The zero-order valence-electron chi connectivity index (χ0n) is 8.29. The van der Waals surface area contributed by atoms with E-state index in [-0.39, 0.29) is 0 Å². The summed E-state index contributed by atoms with van der Waals surface area (Å²) in [5.74, 6) is 2.44. The lowest BCUT2D eigenvalue weighted by atomic mass is 9.79. The molecule has 1 rings (SSSR count). The van der Waals surface area contributed by atoms with Gasteiger partial charge in [-0.05, 0) is 43.6 Å². The van der Waals surface area contributed by atoms with E-state index in [2.05, 4.69) is 26.0 Å². The zero-order valence-corrected chi connectivity index (χ0v) is 8.29. The molecule has 1 aliphatic carbocycles. The largest absolute Gasteiger partial charge is 0.330 e. The highest BCUT2D eigenvalue weighted by Crippen LogP contribution is 2.29. The van der Waals surface area contributed by atoms with Crippen LogP contribution in [0.3, 0.4) is 0 Å². The molecule has 0 aromatic heterocycles. The number of rotatable bonds is 3. The van der Waals surface area contributed by atoms with Crippen molar-refractivity contribution in [3.8, 4) is 0 Å². The molecule has 3 atom stereocenters. The summed E-state index contributed by atoms with van der Waals surface area (Å²) in [4.78, 5) is 0.